The molecule has 0 aliphatic carbocycles. The van der Waals surface area contributed by atoms with E-state index in [1.165, 1.54) is 5.56 Å². The first-order chi connectivity index (χ1) is 9.38. The van der Waals surface area contributed by atoms with Crippen LogP contribution in [-0.4, -0.2) is 28.2 Å². The third-order valence-electron chi connectivity index (χ3n) is 2.54. The number of carbonyl (C=O) groups is 2. The zero-order chi connectivity index (χ0) is 15.5. The number of carboxylic acid groups (broad SMARTS) is 2. The molecule has 0 fully saturated rings. The molecular formula is C14H22N2O4. The average Bonchev–Trinajstić information content (AvgIpc) is 2.40. The molecule has 20 heavy (non-hydrogen) atoms. The molecule has 1 aromatic carbocycles. The second kappa shape index (κ2) is 9.94. The Bertz CT molecular complexity index is 409. The topological polar surface area (TPSA) is 127 Å². The Morgan fingerprint density at radius 3 is 2.05 bits per heavy atom. The van der Waals surface area contributed by atoms with Crippen LogP contribution in [0, 0.1) is 0 Å². The normalized spacial score (nSPS) is 12.8. The molecule has 1 rings (SSSR count). The highest BCUT2D eigenvalue weighted by Gasteiger charge is 2.14. The molecule has 0 aliphatic rings. The smallest absolute Gasteiger partial charge is 0.321 e. The molecule has 0 heterocycles. The van der Waals surface area contributed by atoms with Gasteiger partial charge in [0.25, 0.3) is 0 Å². The lowest BCUT2D eigenvalue weighted by molar-refractivity contribution is -0.144. The van der Waals surface area contributed by atoms with Crippen molar-refractivity contribution in [3.05, 3.63) is 35.9 Å². The number of aliphatic carboxylic acids is 2. The van der Waals surface area contributed by atoms with Gasteiger partial charge in [-0.25, -0.2) is 0 Å². The monoisotopic (exact) mass is 282 g/mol. The van der Waals surface area contributed by atoms with E-state index in [0.29, 0.717) is 0 Å². The van der Waals surface area contributed by atoms with Crippen molar-refractivity contribution >= 4 is 11.9 Å². The molecule has 0 aromatic heterocycles. The molecule has 0 amide bonds. The van der Waals surface area contributed by atoms with Gasteiger partial charge >= 0.3 is 11.9 Å². The first-order valence-corrected chi connectivity index (χ1v) is 6.39. The van der Waals surface area contributed by atoms with E-state index in [4.69, 9.17) is 21.7 Å². The number of carboxylic acids is 2. The lowest BCUT2D eigenvalue weighted by Gasteiger charge is -2.09. The van der Waals surface area contributed by atoms with Gasteiger partial charge in [0.15, 0.2) is 0 Å². The van der Waals surface area contributed by atoms with E-state index in [0.717, 1.165) is 12.8 Å². The minimum atomic E-state index is -1.29. The van der Waals surface area contributed by atoms with Gasteiger partial charge in [-0.2, -0.15) is 0 Å². The lowest BCUT2D eigenvalue weighted by Crippen LogP contribution is -2.32. The first-order valence-electron chi connectivity index (χ1n) is 6.39. The molecule has 1 aromatic rings. The van der Waals surface area contributed by atoms with Crippen molar-refractivity contribution in [2.24, 2.45) is 11.5 Å². The van der Waals surface area contributed by atoms with Gasteiger partial charge in [0, 0.05) is 6.04 Å². The molecule has 6 nitrogen and oxygen atoms in total. The summed E-state index contributed by atoms with van der Waals surface area (Å²) in [6.45, 7) is 2.16. The van der Waals surface area contributed by atoms with E-state index in [9.17, 15) is 9.59 Å². The van der Waals surface area contributed by atoms with Crippen molar-refractivity contribution in [1.82, 2.24) is 0 Å². The van der Waals surface area contributed by atoms with Crippen LogP contribution in [0.5, 0.6) is 0 Å². The third kappa shape index (κ3) is 8.23. The van der Waals surface area contributed by atoms with Crippen molar-refractivity contribution in [1.29, 1.82) is 0 Å². The summed E-state index contributed by atoms with van der Waals surface area (Å²) in [5.74, 6) is -2.50. The van der Waals surface area contributed by atoms with Gasteiger partial charge in [-0.05, 0) is 12.0 Å². The second-order valence-electron chi connectivity index (χ2n) is 4.35. The molecule has 112 valence electrons. The Kier molecular flexibility index (Phi) is 8.98. The summed E-state index contributed by atoms with van der Waals surface area (Å²) >= 11 is 0. The number of rotatable bonds is 6. The van der Waals surface area contributed by atoms with E-state index in [2.05, 4.69) is 19.1 Å². The average molecular weight is 282 g/mol. The largest absolute Gasteiger partial charge is 0.481 e. The molecule has 2 atom stereocenters. The molecule has 1 unspecified atom stereocenters. The van der Waals surface area contributed by atoms with Crippen LogP contribution in [0.2, 0.25) is 0 Å². The van der Waals surface area contributed by atoms with E-state index in [-0.39, 0.29) is 6.04 Å². The summed E-state index contributed by atoms with van der Waals surface area (Å²) in [7, 11) is 0. The second-order valence-corrected chi connectivity index (χ2v) is 4.35. The first kappa shape index (κ1) is 18.1. The SMILES string of the molecule is CCCC(N)c1ccccc1.N[C@@H](CC(=O)O)C(=O)O. The van der Waals surface area contributed by atoms with Crippen molar-refractivity contribution in [3.63, 3.8) is 0 Å². The third-order valence-corrected chi connectivity index (χ3v) is 2.54. The van der Waals surface area contributed by atoms with E-state index < -0.39 is 24.4 Å². The molecule has 0 aliphatic heterocycles. The number of benzene rings is 1. The van der Waals surface area contributed by atoms with Gasteiger partial charge in [-0.15, -0.1) is 0 Å². The highest BCUT2D eigenvalue weighted by atomic mass is 16.4. The Morgan fingerprint density at radius 1 is 1.15 bits per heavy atom. The summed E-state index contributed by atoms with van der Waals surface area (Å²) in [5.41, 5.74) is 12.0. The summed E-state index contributed by atoms with van der Waals surface area (Å²) < 4.78 is 0. The maximum atomic E-state index is 9.85. The van der Waals surface area contributed by atoms with Crippen LogP contribution in [-0.2, 0) is 9.59 Å². The van der Waals surface area contributed by atoms with E-state index >= 15 is 0 Å². The molecule has 0 saturated heterocycles. The molecule has 0 saturated carbocycles. The number of hydrogen-bond acceptors (Lipinski definition) is 4. The van der Waals surface area contributed by atoms with Gasteiger partial charge in [0.05, 0.1) is 6.42 Å². The van der Waals surface area contributed by atoms with E-state index in [1.54, 1.807) is 0 Å². The molecule has 0 radical (unpaired) electrons. The molecule has 6 N–H and O–H groups in total. The van der Waals surface area contributed by atoms with Gasteiger partial charge < -0.3 is 21.7 Å². The van der Waals surface area contributed by atoms with Crippen molar-refractivity contribution < 1.29 is 19.8 Å². The highest BCUT2D eigenvalue weighted by molar-refractivity contribution is 5.80. The minimum Gasteiger partial charge on any atom is -0.481 e. The highest BCUT2D eigenvalue weighted by Crippen LogP contribution is 2.13. The fourth-order valence-corrected chi connectivity index (χ4v) is 1.45. The molecule has 0 bridgehead atoms. The molecule has 0 spiro atoms. The summed E-state index contributed by atoms with van der Waals surface area (Å²) in [5, 5.41) is 16.0. The van der Waals surface area contributed by atoms with Crippen LogP contribution in [0.4, 0.5) is 0 Å². The maximum absolute atomic E-state index is 9.85. The van der Waals surface area contributed by atoms with Crippen molar-refractivity contribution in [3.8, 4) is 0 Å². The van der Waals surface area contributed by atoms with Crippen LogP contribution in [0.1, 0.15) is 37.8 Å². The van der Waals surface area contributed by atoms with Gasteiger partial charge in [-0.1, -0.05) is 43.7 Å². The van der Waals surface area contributed by atoms with Gasteiger partial charge in [0.2, 0.25) is 0 Å². The summed E-state index contributed by atoms with van der Waals surface area (Å²) in [4.78, 5) is 19.6. The zero-order valence-corrected chi connectivity index (χ0v) is 11.5. The Balaban J connectivity index is 0.000000370. The quantitative estimate of drug-likeness (QED) is 0.624. The minimum absolute atomic E-state index is 0.223. The summed E-state index contributed by atoms with van der Waals surface area (Å²) in [6.07, 6.45) is 1.69. The standard InChI is InChI=1S/C10H15N.C4H7NO4/c1-2-6-10(11)9-7-4-3-5-8-9;5-2(4(8)9)1-3(6)7/h3-5,7-8,10H,2,6,11H2,1H3;2H,1,5H2,(H,6,7)(H,8,9)/t;2-/m.0/s1. The Labute approximate surface area is 118 Å². The van der Waals surface area contributed by atoms with Crippen LogP contribution < -0.4 is 11.5 Å². The van der Waals surface area contributed by atoms with Gasteiger partial charge in [-0.3, -0.25) is 9.59 Å². The lowest BCUT2D eigenvalue weighted by atomic mass is 10.0. The van der Waals surface area contributed by atoms with Crippen molar-refractivity contribution in [2.45, 2.75) is 38.3 Å². The Hall–Kier alpha value is -1.92. The number of nitrogens with two attached hydrogens (primary N) is 2. The molecule has 6 heteroatoms. The fourth-order valence-electron chi connectivity index (χ4n) is 1.45. The zero-order valence-electron chi connectivity index (χ0n) is 11.5. The molecular weight excluding hydrogens is 260 g/mol. The van der Waals surface area contributed by atoms with Crippen LogP contribution >= 0.6 is 0 Å². The summed E-state index contributed by atoms with van der Waals surface area (Å²) in [6, 6.07) is 9.18. The van der Waals surface area contributed by atoms with Crippen LogP contribution in [0.15, 0.2) is 30.3 Å². The Morgan fingerprint density at radius 2 is 1.70 bits per heavy atom. The van der Waals surface area contributed by atoms with E-state index in [1.807, 2.05) is 18.2 Å². The van der Waals surface area contributed by atoms with Crippen LogP contribution in [0.25, 0.3) is 0 Å². The predicted molar refractivity (Wildman–Crippen MR) is 76.1 cm³/mol. The number of hydrogen-bond donors (Lipinski definition) is 4. The van der Waals surface area contributed by atoms with Gasteiger partial charge in [0.1, 0.15) is 6.04 Å². The van der Waals surface area contributed by atoms with Crippen LogP contribution in [0.3, 0.4) is 0 Å². The fraction of sp³-hybridized carbons (Fsp3) is 0.429. The predicted octanol–water partition coefficient (Wildman–Crippen LogP) is 1.36. The maximum Gasteiger partial charge on any atom is 0.321 e. The van der Waals surface area contributed by atoms with Crippen molar-refractivity contribution in [2.75, 3.05) is 0 Å².